The number of hydroxylamine groups is 1. The zero-order chi connectivity index (χ0) is 23.4. The maximum Gasteiger partial charge on any atom is 0.407 e. The van der Waals surface area contributed by atoms with Gasteiger partial charge in [0.25, 0.3) is 0 Å². The Morgan fingerprint density at radius 2 is 1.52 bits per heavy atom. The van der Waals surface area contributed by atoms with Crippen LogP contribution >= 0.6 is 0 Å². The smallest absolute Gasteiger partial charge is 0.407 e. The number of benzene rings is 1. The van der Waals surface area contributed by atoms with Gasteiger partial charge in [0.05, 0.1) is 11.8 Å². The predicted molar refractivity (Wildman–Crippen MR) is 122 cm³/mol. The molecule has 0 spiro atoms. The van der Waals surface area contributed by atoms with Gasteiger partial charge in [0.15, 0.2) is 0 Å². The largest absolute Gasteiger partial charge is 0.465 e. The number of hydrogen-bond acceptors (Lipinski definition) is 5. The molecule has 1 heterocycles. The van der Waals surface area contributed by atoms with Crippen LogP contribution in [0.4, 0.5) is 10.5 Å². The first-order chi connectivity index (χ1) is 16.0. The van der Waals surface area contributed by atoms with E-state index in [4.69, 9.17) is 0 Å². The topological polar surface area (TPSA) is 113 Å². The number of carbonyl (C=O) groups excluding carboxylic acids is 2. The van der Waals surface area contributed by atoms with Gasteiger partial charge in [-0.05, 0) is 37.8 Å². The summed E-state index contributed by atoms with van der Waals surface area (Å²) in [7, 11) is 0. The van der Waals surface area contributed by atoms with Gasteiger partial charge in [0.1, 0.15) is 0 Å². The first-order valence-corrected chi connectivity index (χ1v) is 12.0. The van der Waals surface area contributed by atoms with Crippen LogP contribution in [0.2, 0.25) is 0 Å². The fourth-order valence-corrected chi connectivity index (χ4v) is 5.91. The lowest BCUT2D eigenvalue weighted by Gasteiger charge is -2.38. The van der Waals surface area contributed by atoms with Gasteiger partial charge in [0.2, 0.25) is 11.8 Å². The molecule has 0 aromatic heterocycles. The Morgan fingerprint density at radius 1 is 0.879 bits per heavy atom. The molecule has 1 aliphatic heterocycles. The van der Waals surface area contributed by atoms with Crippen molar-refractivity contribution in [2.75, 3.05) is 31.1 Å². The predicted octanol–water partition coefficient (Wildman–Crippen LogP) is 2.55. The van der Waals surface area contributed by atoms with Crippen LogP contribution in [-0.4, -0.2) is 76.3 Å². The van der Waals surface area contributed by atoms with Gasteiger partial charge in [-0.2, -0.15) is 0 Å². The molecule has 0 radical (unpaired) electrons. The summed E-state index contributed by atoms with van der Waals surface area (Å²) < 4.78 is 0. The van der Waals surface area contributed by atoms with Crippen LogP contribution < -0.4 is 10.4 Å². The fourth-order valence-electron chi connectivity index (χ4n) is 5.91. The van der Waals surface area contributed by atoms with Crippen molar-refractivity contribution in [3.8, 4) is 0 Å². The van der Waals surface area contributed by atoms with Crippen LogP contribution in [0.1, 0.15) is 44.9 Å². The van der Waals surface area contributed by atoms with Crippen LogP contribution in [0, 0.1) is 11.8 Å². The van der Waals surface area contributed by atoms with Gasteiger partial charge in [-0.25, -0.2) is 10.3 Å². The molecule has 3 N–H and O–H groups in total. The van der Waals surface area contributed by atoms with E-state index in [-0.39, 0.29) is 18.4 Å². The van der Waals surface area contributed by atoms with Gasteiger partial charge in [-0.15, -0.1) is 0 Å². The van der Waals surface area contributed by atoms with E-state index >= 15 is 0 Å². The minimum Gasteiger partial charge on any atom is -0.465 e. The molecule has 4 rings (SSSR count). The molecule has 1 aromatic rings. The summed E-state index contributed by atoms with van der Waals surface area (Å²) in [6.07, 6.45) is 4.33. The van der Waals surface area contributed by atoms with E-state index in [0.29, 0.717) is 32.6 Å². The Kier molecular flexibility index (Phi) is 7.37. The highest BCUT2D eigenvalue weighted by Crippen LogP contribution is 2.39. The second-order valence-electron chi connectivity index (χ2n) is 9.44. The standard InChI is InChI=1S/C24H34N4O5/c29-22(25-33)20-15-19(28(24(31)32)18-9-5-2-6-10-18)16-21(20)23(30)27-13-11-26(12-14-27)17-7-3-1-4-8-17/h1,3-4,7-8,18-21,33H,2,5-6,9-16H2,(H,25,29)(H,31,32)/t19-,20-,21-/m0/s1. The number of anilines is 1. The lowest BCUT2D eigenvalue weighted by atomic mass is 9.93. The molecule has 1 saturated heterocycles. The Labute approximate surface area is 194 Å². The van der Waals surface area contributed by atoms with Gasteiger partial charge in [-0.3, -0.25) is 14.8 Å². The molecular weight excluding hydrogens is 424 g/mol. The second-order valence-corrected chi connectivity index (χ2v) is 9.44. The molecule has 9 nitrogen and oxygen atoms in total. The number of carboxylic acid groups (broad SMARTS) is 1. The van der Waals surface area contributed by atoms with Gasteiger partial charge in [-0.1, -0.05) is 37.5 Å². The maximum absolute atomic E-state index is 13.5. The molecule has 9 heteroatoms. The number of piperazine rings is 1. The van der Waals surface area contributed by atoms with E-state index in [1.54, 1.807) is 10.4 Å². The van der Waals surface area contributed by atoms with Crippen molar-refractivity contribution in [3.63, 3.8) is 0 Å². The average molecular weight is 459 g/mol. The van der Waals surface area contributed by atoms with Crippen molar-refractivity contribution >= 4 is 23.6 Å². The highest BCUT2D eigenvalue weighted by Gasteiger charge is 2.48. The Hall–Kier alpha value is -2.81. The molecule has 0 bridgehead atoms. The van der Waals surface area contributed by atoms with Gasteiger partial charge < -0.3 is 19.8 Å². The summed E-state index contributed by atoms with van der Waals surface area (Å²) in [4.78, 5) is 43.6. The lowest BCUT2D eigenvalue weighted by Crippen LogP contribution is -2.51. The molecule has 3 fully saturated rings. The Balaban J connectivity index is 1.45. The molecule has 1 aromatic carbocycles. The lowest BCUT2D eigenvalue weighted by molar-refractivity contribution is -0.144. The number of nitrogens with one attached hydrogen (secondary N) is 1. The zero-order valence-corrected chi connectivity index (χ0v) is 18.9. The van der Waals surface area contributed by atoms with Gasteiger partial charge in [0, 0.05) is 44.0 Å². The van der Waals surface area contributed by atoms with Crippen LogP contribution in [0.25, 0.3) is 0 Å². The van der Waals surface area contributed by atoms with Crippen molar-refractivity contribution < 1.29 is 24.7 Å². The van der Waals surface area contributed by atoms with Crippen LogP contribution in [0.5, 0.6) is 0 Å². The van der Waals surface area contributed by atoms with E-state index in [1.165, 1.54) is 4.90 Å². The molecule has 3 amide bonds. The molecule has 3 atom stereocenters. The maximum atomic E-state index is 13.5. The van der Waals surface area contributed by atoms with Crippen LogP contribution in [0.3, 0.4) is 0 Å². The third kappa shape index (κ3) is 5.08. The van der Waals surface area contributed by atoms with Crippen LogP contribution in [-0.2, 0) is 9.59 Å². The monoisotopic (exact) mass is 458 g/mol. The van der Waals surface area contributed by atoms with Crippen LogP contribution in [0.15, 0.2) is 30.3 Å². The Bertz CT molecular complexity index is 837. The first kappa shape index (κ1) is 23.4. The second kappa shape index (κ2) is 10.4. The minimum absolute atomic E-state index is 0.0673. The summed E-state index contributed by atoms with van der Waals surface area (Å²) in [5.41, 5.74) is 2.83. The van der Waals surface area contributed by atoms with E-state index in [1.807, 2.05) is 30.3 Å². The minimum atomic E-state index is -0.986. The highest BCUT2D eigenvalue weighted by molar-refractivity contribution is 5.88. The Morgan fingerprint density at radius 3 is 2.12 bits per heavy atom. The SMILES string of the molecule is O=C(NO)[C@H]1C[C@H](N(C(=O)O)C2CCCCC2)C[C@@H]1C(=O)N1CCN(c2ccccc2)CC1. The fraction of sp³-hybridized carbons (Fsp3) is 0.625. The number of nitrogens with zero attached hydrogens (tertiary/aromatic N) is 3. The number of para-hydroxylation sites is 1. The third-order valence-electron chi connectivity index (χ3n) is 7.60. The number of carbonyl (C=O) groups is 3. The van der Waals surface area contributed by atoms with Crippen molar-refractivity contribution in [2.24, 2.45) is 11.8 Å². The van der Waals surface area contributed by atoms with E-state index in [9.17, 15) is 24.7 Å². The summed E-state index contributed by atoms with van der Waals surface area (Å²) in [6, 6.07) is 9.59. The van der Waals surface area contributed by atoms with Gasteiger partial charge >= 0.3 is 6.09 Å². The zero-order valence-electron chi connectivity index (χ0n) is 18.9. The quantitative estimate of drug-likeness (QED) is 0.462. The summed E-state index contributed by atoms with van der Waals surface area (Å²) in [5, 5.41) is 19.2. The molecule has 3 aliphatic rings. The average Bonchev–Trinajstić information content (AvgIpc) is 3.29. The molecule has 180 valence electrons. The van der Waals surface area contributed by atoms with Crippen molar-refractivity contribution in [1.29, 1.82) is 0 Å². The first-order valence-electron chi connectivity index (χ1n) is 12.0. The number of rotatable bonds is 5. The highest BCUT2D eigenvalue weighted by atomic mass is 16.5. The summed E-state index contributed by atoms with van der Waals surface area (Å²) in [5.74, 6) is -2.08. The molecule has 2 saturated carbocycles. The normalized spacial score (nSPS) is 26.2. The van der Waals surface area contributed by atoms with E-state index in [2.05, 4.69) is 4.90 Å². The van der Waals surface area contributed by atoms with Crippen molar-refractivity contribution in [1.82, 2.24) is 15.3 Å². The third-order valence-corrected chi connectivity index (χ3v) is 7.60. The number of hydrogen-bond donors (Lipinski definition) is 3. The number of amides is 3. The summed E-state index contributed by atoms with van der Waals surface area (Å²) >= 11 is 0. The van der Waals surface area contributed by atoms with Crippen molar-refractivity contribution in [2.45, 2.75) is 57.0 Å². The summed E-state index contributed by atoms with van der Waals surface area (Å²) in [6.45, 7) is 2.50. The van der Waals surface area contributed by atoms with E-state index in [0.717, 1.165) is 37.8 Å². The molecule has 33 heavy (non-hydrogen) atoms. The molecule has 0 unspecified atom stereocenters. The van der Waals surface area contributed by atoms with Crippen molar-refractivity contribution in [3.05, 3.63) is 30.3 Å². The molecule has 2 aliphatic carbocycles. The molecular formula is C24H34N4O5. The van der Waals surface area contributed by atoms with E-state index < -0.39 is 29.9 Å².